The van der Waals surface area contributed by atoms with Crippen LogP contribution in [-0.2, 0) is 4.74 Å². The second-order valence-corrected chi connectivity index (χ2v) is 6.38. The van der Waals surface area contributed by atoms with Gasteiger partial charge in [-0.1, -0.05) is 6.92 Å². The Morgan fingerprint density at radius 3 is 2.75 bits per heavy atom. The topological polar surface area (TPSA) is 73.4 Å². The largest absolute Gasteiger partial charge is 0.444 e. The Morgan fingerprint density at radius 1 is 1.55 bits per heavy atom. The zero-order valence-electron chi connectivity index (χ0n) is 12.7. The van der Waals surface area contributed by atoms with Crippen LogP contribution in [0.3, 0.4) is 0 Å². The molecule has 1 aromatic heterocycles. The number of carbonyl (C=O) groups excluding carboxylic acids is 1. The Balaban J connectivity index is 1.94. The van der Waals surface area contributed by atoms with Crippen molar-refractivity contribution in [3.05, 3.63) is 18.0 Å². The van der Waals surface area contributed by atoms with Gasteiger partial charge >= 0.3 is 6.09 Å². The van der Waals surface area contributed by atoms with Gasteiger partial charge in [-0.25, -0.2) is 4.79 Å². The quantitative estimate of drug-likeness (QED) is 0.915. The molecule has 2 rings (SSSR count). The molecule has 1 aliphatic rings. The van der Waals surface area contributed by atoms with Crippen molar-refractivity contribution in [2.75, 3.05) is 19.6 Å². The van der Waals surface area contributed by atoms with Gasteiger partial charge in [0, 0.05) is 37.4 Å². The maximum atomic E-state index is 11.9. The Hall–Kier alpha value is -1.56. The summed E-state index contributed by atoms with van der Waals surface area (Å²) in [7, 11) is 0. The molecule has 1 fully saturated rings. The summed E-state index contributed by atoms with van der Waals surface area (Å²) >= 11 is 0. The maximum absolute atomic E-state index is 11.9. The summed E-state index contributed by atoms with van der Waals surface area (Å²) in [4.78, 5) is 13.6. The fourth-order valence-electron chi connectivity index (χ4n) is 2.23. The molecule has 1 atom stereocenters. The van der Waals surface area contributed by atoms with Crippen molar-refractivity contribution < 1.29 is 9.53 Å². The Kier molecular flexibility index (Phi) is 4.04. The lowest BCUT2D eigenvalue weighted by Gasteiger charge is -2.40. The third-order valence-electron chi connectivity index (χ3n) is 3.42. The first-order valence-corrected chi connectivity index (χ1v) is 7.03. The molecule has 0 aliphatic carbocycles. The van der Waals surface area contributed by atoms with Gasteiger partial charge in [0.2, 0.25) is 0 Å². The number of hydrogen-bond donors (Lipinski definition) is 1. The minimum absolute atomic E-state index is 0.224. The normalized spacial score (nSPS) is 17.8. The molecular weight excluding hydrogens is 256 g/mol. The molecule has 0 aromatic carbocycles. The number of nitrogens with two attached hydrogens (primary N) is 1. The highest BCUT2D eigenvalue weighted by Gasteiger charge is 2.36. The predicted octanol–water partition coefficient (Wildman–Crippen LogP) is 1.74. The SMILES string of the molecule is CC(CN)c1ccnn1C1CN(C(=O)OC(C)(C)C)C1. The van der Waals surface area contributed by atoms with Crippen LogP contribution in [0.5, 0.6) is 0 Å². The van der Waals surface area contributed by atoms with E-state index in [0.717, 1.165) is 5.69 Å². The fraction of sp³-hybridized carbons (Fsp3) is 0.714. The first-order valence-electron chi connectivity index (χ1n) is 7.03. The lowest BCUT2D eigenvalue weighted by Crippen LogP contribution is -2.52. The average Bonchev–Trinajstić information content (AvgIpc) is 2.72. The summed E-state index contributed by atoms with van der Waals surface area (Å²) in [5.41, 5.74) is 6.39. The number of carbonyl (C=O) groups is 1. The molecule has 1 amide bonds. The van der Waals surface area contributed by atoms with Gasteiger partial charge in [0.05, 0.1) is 6.04 Å². The van der Waals surface area contributed by atoms with Crippen molar-refractivity contribution in [1.82, 2.24) is 14.7 Å². The lowest BCUT2D eigenvalue weighted by molar-refractivity contribution is -0.000843. The molecule has 0 bridgehead atoms. The van der Waals surface area contributed by atoms with E-state index in [4.69, 9.17) is 10.5 Å². The van der Waals surface area contributed by atoms with Gasteiger partial charge in [-0.05, 0) is 26.8 Å². The highest BCUT2D eigenvalue weighted by Crippen LogP contribution is 2.26. The number of likely N-dealkylation sites (tertiary alicyclic amines) is 1. The first kappa shape index (κ1) is 14.8. The first-order chi connectivity index (χ1) is 9.31. The maximum Gasteiger partial charge on any atom is 0.410 e. The van der Waals surface area contributed by atoms with Gasteiger partial charge in [0.1, 0.15) is 5.60 Å². The molecule has 20 heavy (non-hydrogen) atoms. The molecule has 0 saturated carbocycles. The molecule has 2 N–H and O–H groups in total. The summed E-state index contributed by atoms with van der Waals surface area (Å²) in [6, 6.07) is 2.22. The third kappa shape index (κ3) is 3.12. The molecule has 6 heteroatoms. The van der Waals surface area contributed by atoms with Crippen LogP contribution in [0.2, 0.25) is 0 Å². The van der Waals surface area contributed by atoms with Crippen molar-refractivity contribution >= 4 is 6.09 Å². The second-order valence-electron chi connectivity index (χ2n) is 6.38. The van der Waals surface area contributed by atoms with E-state index < -0.39 is 5.60 Å². The Morgan fingerprint density at radius 2 is 2.20 bits per heavy atom. The van der Waals surface area contributed by atoms with Crippen LogP contribution in [0.15, 0.2) is 12.3 Å². The van der Waals surface area contributed by atoms with E-state index in [1.54, 1.807) is 11.1 Å². The molecule has 1 aromatic rings. The van der Waals surface area contributed by atoms with Crippen molar-refractivity contribution in [1.29, 1.82) is 0 Å². The molecule has 1 aliphatic heterocycles. The number of hydrogen-bond acceptors (Lipinski definition) is 4. The molecule has 0 radical (unpaired) electrons. The van der Waals surface area contributed by atoms with Crippen LogP contribution in [0.4, 0.5) is 4.79 Å². The van der Waals surface area contributed by atoms with Crippen LogP contribution in [0.25, 0.3) is 0 Å². The number of ether oxygens (including phenoxy) is 1. The highest BCUT2D eigenvalue weighted by atomic mass is 16.6. The Labute approximate surface area is 119 Å². The smallest absolute Gasteiger partial charge is 0.410 e. The van der Waals surface area contributed by atoms with Gasteiger partial charge in [0.25, 0.3) is 0 Å². The van der Waals surface area contributed by atoms with E-state index in [9.17, 15) is 4.79 Å². The summed E-state index contributed by atoms with van der Waals surface area (Å²) < 4.78 is 7.33. The van der Waals surface area contributed by atoms with Gasteiger partial charge in [-0.2, -0.15) is 5.10 Å². The van der Waals surface area contributed by atoms with Crippen molar-refractivity contribution in [3.8, 4) is 0 Å². The van der Waals surface area contributed by atoms with E-state index in [1.165, 1.54) is 0 Å². The van der Waals surface area contributed by atoms with E-state index in [1.807, 2.05) is 31.5 Å². The second kappa shape index (κ2) is 5.44. The molecule has 6 nitrogen and oxygen atoms in total. The Bertz CT molecular complexity index is 472. The minimum Gasteiger partial charge on any atom is -0.444 e. The summed E-state index contributed by atoms with van der Waals surface area (Å²) in [5.74, 6) is 0.271. The molecule has 112 valence electrons. The van der Waals surface area contributed by atoms with Gasteiger partial charge in [0.15, 0.2) is 0 Å². The van der Waals surface area contributed by atoms with Crippen LogP contribution < -0.4 is 5.73 Å². The standard InChI is InChI=1S/C14H24N4O2/c1-10(7-15)12-5-6-16-18(12)11-8-17(9-11)13(19)20-14(2,3)4/h5-6,10-11H,7-9,15H2,1-4H3. The third-order valence-corrected chi connectivity index (χ3v) is 3.42. The predicted molar refractivity (Wildman–Crippen MR) is 76.5 cm³/mol. The van der Waals surface area contributed by atoms with E-state index in [2.05, 4.69) is 12.0 Å². The fourth-order valence-corrected chi connectivity index (χ4v) is 2.23. The zero-order valence-corrected chi connectivity index (χ0v) is 12.7. The van der Waals surface area contributed by atoms with Crippen molar-refractivity contribution in [2.24, 2.45) is 5.73 Å². The number of nitrogens with zero attached hydrogens (tertiary/aromatic N) is 3. The zero-order chi connectivity index (χ0) is 14.9. The number of amides is 1. The van der Waals surface area contributed by atoms with E-state index >= 15 is 0 Å². The van der Waals surface area contributed by atoms with Crippen LogP contribution in [-0.4, -0.2) is 46.0 Å². The van der Waals surface area contributed by atoms with E-state index in [0.29, 0.717) is 19.6 Å². The summed E-state index contributed by atoms with van der Waals surface area (Å²) in [6.45, 7) is 9.57. The van der Waals surface area contributed by atoms with Gasteiger partial charge in [-0.15, -0.1) is 0 Å². The molecular formula is C14H24N4O2. The highest BCUT2D eigenvalue weighted by molar-refractivity contribution is 5.69. The lowest BCUT2D eigenvalue weighted by atomic mass is 10.1. The number of aromatic nitrogens is 2. The average molecular weight is 280 g/mol. The van der Waals surface area contributed by atoms with Crippen molar-refractivity contribution in [3.63, 3.8) is 0 Å². The van der Waals surface area contributed by atoms with Crippen molar-refractivity contribution in [2.45, 2.75) is 45.3 Å². The molecule has 0 spiro atoms. The van der Waals surface area contributed by atoms with Gasteiger partial charge in [-0.3, -0.25) is 4.68 Å². The van der Waals surface area contributed by atoms with Gasteiger partial charge < -0.3 is 15.4 Å². The minimum atomic E-state index is -0.451. The molecule has 1 saturated heterocycles. The monoisotopic (exact) mass is 280 g/mol. The summed E-state index contributed by atoms with van der Waals surface area (Å²) in [6.07, 6.45) is 1.53. The van der Waals surface area contributed by atoms with E-state index in [-0.39, 0.29) is 18.1 Å². The van der Waals surface area contributed by atoms with Crippen LogP contribution in [0, 0.1) is 0 Å². The van der Waals surface area contributed by atoms with Crippen LogP contribution >= 0.6 is 0 Å². The molecule has 2 heterocycles. The van der Waals surface area contributed by atoms with Crippen LogP contribution in [0.1, 0.15) is 45.3 Å². The summed E-state index contributed by atoms with van der Waals surface area (Å²) in [5, 5.41) is 4.36. The number of rotatable bonds is 3. The molecule has 1 unspecified atom stereocenters.